The molecule has 0 bridgehead atoms. The van der Waals surface area contributed by atoms with Gasteiger partial charge in [0.1, 0.15) is 17.5 Å². The smallest absolute Gasteiger partial charge is 0.693 e. The van der Waals surface area contributed by atoms with Crippen LogP contribution in [-0.4, -0.2) is 43.0 Å². The number of hydrogen-bond donors (Lipinski definition) is 3. The molecule has 1 saturated heterocycles. The Balaban J connectivity index is 0.000000380. The maximum Gasteiger partial charge on any atom is 1.00 e. The van der Waals surface area contributed by atoms with Gasteiger partial charge in [0.2, 0.25) is 0 Å². The summed E-state index contributed by atoms with van der Waals surface area (Å²) in [5, 5.41) is 24.6. The SMILES string of the molecule is CCC.C[N-]/C=C1\C=C(C#N)C(=O)N(Cc2ccccc2SC)C1=N.Nc1ccc(C2CCNCC2)cc1.[K+]. The van der Waals surface area contributed by atoms with Gasteiger partial charge in [-0.25, -0.2) is 0 Å². The number of nitrogens with one attached hydrogen (secondary N) is 2. The molecule has 202 valence electrons. The fraction of sp³-hybridized carbons (Fsp3) is 0.367. The maximum atomic E-state index is 12.4. The van der Waals surface area contributed by atoms with Crippen LogP contribution in [0.15, 0.2) is 76.8 Å². The number of thioether (sulfide) groups is 1. The summed E-state index contributed by atoms with van der Waals surface area (Å²) in [7, 11) is 1.59. The zero-order valence-electron chi connectivity index (χ0n) is 23.8. The van der Waals surface area contributed by atoms with Gasteiger partial charge >= 0.3 is 51.4 Å². The van der Waals surface area contributed by atoms with Gasteiger partial charge in [0, 0.05) is 10.6 Å². The summed E-state index contributed by atoms with van der Waals surface area (Å²) in [6.07, 6.45) is 8.62. The minimum atomic E-state index is -0.448. The Kier molecular flexibility index (Phi) is 17.3. The van der Waals surface area contributed by atoms with Gasteiger partial charge in [0.05, 0.1) is 6.54 Å². The van der Waals surface area contributed by atoms with E-state index in [-0.39, 0.29) is 69.3 Å². The second kappa shape index (κ2) is 19.2. The largest absolute Gasteiger partial charge is 1.00 e. The first-order chi connectivity index (χ1) is 18.4. The Morgan fingerprint density at radius 1 is 1.18 bits per heavy atom. The number of amidine groups is 1. The van der Waals surface area contributed by atoms with E-state index in [0.717, 1.165) is 35.2 Å². The minimum absolute atomic E-state index is 0. The van der Waals surface area contributed by atoms with E-state index in [1.807, 2.05) is 48.7 Å². The number of nitrogens with zero attached hydrogens (tertiary/aromatic N) is 3. The first-order valence-electron chi connectivity index (χ1n) is 12.9. The predicted molar refractivity (Wildman–Crippen MR) is 159 cm³/mol. The number of benzene rings is 2. The summed E-state index contributed by atoms with van der Waals surface area (Å²) in [5.74, 6) is 0.351. The molecule has 39 heavy (non-hydrogen) atoms. The molecule has 0 aliphatic carbocycles. The van der Waals surface area contributed by atoms with Crippen molar-refractivity contribution in [1.82, 2.24) is 10.2 Å². The normalized spacial score (nSPS) is 16.0. The molecule has 0 spiro atoms. The molecule has 0 atom stereocenters. The molecule has 2 aromatic carbocycles. The third-order valence-electron chi connectivity index (χ3n) is 5.98. The molecular formula is C30H39KN6OS. The number of carbonyl (C=O) groups excluding carboxylic acids is 1. The molecule has 0 aromatic heterocycles. The monoisotopic (exact) mass is 570 g/mol. The Morgan fingerprint density at radius 3 is 2.36 bits per heavy atom. The van der Waals surface area contributed by atoms with Crippen molar-refractivity contribution in [2.24, 2.45) is 0 Å². The van der Waals surface area contributed by atoms with Crippen molar-refractivity contribution in [2.75, 3.05) is 32.1 Å². The van der Waals surface area contributed by atoms with E-state index < -0.39 is 5.91 Å². The summed E-state index contributed by atoms with van der Waals surface area (Å²) in [5.41, 5.74) is 9.37. The van der Waals surface area contributed by atoms with Gasteiger partial charge < -0.3 is 16.4 Å². The molecule has 2 aliphatic rings. The summed E-state index contributed by atoms with van der Waals surface area (Å²) < 4.78 is 0. The van der Waals surface area contributed by atoms with Crippen molar-refractivity contribution in [3.8, 4) is 6.07 Å². The van der Waals surface area contributed by atoms with Crippen LogP contribution in [0.4, 0.5) is 5.69 Å². The summed E-state index contributed by atoms with van der Waals surface area (Å²) in [6, 6.07) is 17.9. The van der Waals surface area contributed by atoms with Crippen LogP contribution in [-0.2, 0) is 11.3 Å². The third-order valence-corrected chi connectivity index (χ3v) is 6.81. The first-order valence-corrected chi connectivity index (χ1v) is 14.1. The Hall–Kier alpha value is -1.90. The number of piperidine rings is 1. The molecule has 7 nitrogen and oxygen atoms in total. The van der Waals surface area contributed by atoms with E-state index in [9.17, 15) is 4.79 Å². The topological polar surface area (TPSA) is 120 Å². The molecule has 1 amide bonds. The standard InChI is InChI=1S/C16H16N4OS.C11H16N2.C3H8.K/c1-19-9-13-7-12(8-17)16(21)20(15(13)18)10-11-5-3-4-6-14(11)22-2;12-11-3-1-9(2-4-11)10-5-7-13-8-6-10;1-3-2;/h3-7,9H,10H2,1-2H3,(H2,18,19,21);1-4,10,13H,5-8,12H2;3H2,1-2H3;/q;;;+1/p-1. The van der Waals surface area contributed by atoms with E-state index in [4.69, 9.17) is 16.4 Å². The van der Waals surface area contributed by atoms with E-state index in [2.05, 4.69) is 36.6 Å². The van der Waals surface area contributed by atoms with E-state index in [0.29, 0.717) is 5.57 Å². The average molecular weight is 571 g/mol. The van der Waals surface area contributed by atoms with Gasteiger partial charge in [-0.05, 0) is 79.1 Å². The van der Waals surface area contributed by atoms with Crippen LogP contribution >= 0.6 is 11.8 Å². The van der Waals surface area contributed by atoms with Gasteiger partial charge in [0.15, 0.2) is 0 Å². The minimum Gasteiger partial charge on any atom is -0.693 e. The number of amides is 1. The maximum absolute atomic E-state index is 12.4. The van der Waals surface area contributed by atoms with Crippen molar-refractivity contribution >= 4 is 29.2 Å². The second-order valence-corrected chi connectivity index (χ2v) is 9.81. The molecule has 0 saturated carbocycles. The Bertz CT molecular complexity index is 1170. The molecule has 2 heterocycles. The van der Waals surface area contributed by atoms with Crippen LogP contribution in [0.1, 0.15) is 50.2 Å². The van der Waals surface area contributed by atoms with Crippen molar-refractivity contribution < 1.29 is 56.2 Å². The van der Waals surface area contributed by atoms with Crippen LogP contribution in [0.2, 0.25) is 0 Å². The second-order valence-electron chi connectivity index (χ2n) is 8.96. The number of carbonyl (C=O) groups is 1. The van der Waals surface area contributed by atoms with Crippen LogP contribution in [0.5, 0.6) is 0 Å². The predicted octanol–water partition coefficient (Wildman–Crippen LogP) is 3.22. The van der Waals surface area contributed by atoms with Crippen molar-refractivity contribution in [1.29, 1.82) is 10.7 Å². The van der Waals surface area contributed by atoms with E-state index >= 15 is 0 Å². The van der Waals surface area contributed by atoms with Gasteiger partial charge in [0.25, 0.3) is 5.91 Å². The Morgan fingerprint density at radius 2 is 1.79 bits per heavy atom. The van der Waals surface area contributed by atoms with Gasteiger partial charge in [-0.15, -0.1) is 18.8 Å². The molecule has 2 aromatic rings. The van der Waals surface area contributed by atoms with Crippen molar-refractivity contribution in [3.05, 3.63) is 88.4 Å². The zero-order valence-corrected chi connectivity index (χ0v) is 27.8. The van der Waals surface area contributed by atoms with Crippen LogP contribution in [0.3, 0.4) is 0 Å². The number of nitrogens with two attached hydrogens (primary N) is 1. The number of anilines is 1. The molecule has 4 N–H and O–H groups in total. The quantitative estimate of drug-likeness (QED) is 0.290. The number of rotatable bonds is 5. The van der Waals surface area contributed by atoms with Gasteiger partial charge in [-0.2, -0.15) is 11.5 Å². The fourth-order valence-electron chi connectivity index (χ4n) is 4.08. The van der Waals surface area contributed by atoms with Crippen LogP contribution in [0, 0.1) is 16.7 Å². The molecule has 0 radical (unpaired) electrons. The first kappa shape index (κ1) is 35.1. The molecule has 4 rings (SSSR count). The van der Waals surface area contributed by atoms with E-state index in [1.54, 1.807) is 18.8 Å². The summed E-state index contributed by atoms with van der Waals surface area (Å²) >= 11 is 1.58. The summed E-state index contributed by atoms with van der Waals surface area (Å²) in [6.45, 7) is 6.80. The average Bonchev–Trinajstić information content (AvgIpc) is 2.94. The summed E-state index contributed by atoms with van der Waals surface area (Å²) in [4.78, 5) is 14.7. The van der Waals surface area contributed by atoms with Gasteiger partial charge in [-0.1, -0.05) is 50.6 Å². The van der Waals surface area contributed by atoms with Gasteiger partial charge in [-0.3, -0.25) is 15.1 Å². The van der Waals surface area contributed by atoms with Crippen molar-refractivity contribution in [3.63, 3.8) is 0 Å². The van der Waals surface area contributed by atoms with Crippen LogP contribution < -0.4 is 62.4 Å². The number of hydrogen-bond acceptors (Lipinski definition) is 6. The molecule has 9 heteroatoms. The zero-order chi connectivity index (χ0) is 27.9. The Labute approximate surface area is 280 Å². The molecule has 1 fully saturated rings. The van der Waals surface area contributed by atoms with E-state index in [1.165, 1.54) is 42.0 Å². The molecule has 0 unspecified atom stereocenters. The third kappa shape index (κ3) is 10.9. The number of nitriles is 1. The number of nitrogen functional groups attached to an aromatic ring is 1. The fourth-order valence-corrected chi connectivity index (χ4v) is 4.69. The van der Waals surface area contributed by atoms with Crippen LogP contribution in [0.25, 0.3) is 5.32 Å². The van der Waals surface area contributed by atoms with Crippen molar-refractivity contribution in [2.45, 2.75) is 50.5 Å². The molecule has 2 aliphatic heterocycles. The molecular weight excluding hydrogens is 532 g/mol.